The summed E-state index contributed by atoms with van der Waals surface area (Å²) in [4.78, 5) is 48.3. The minimum absolute atomic E-state index is 0.0384. The van der Waals surface area contributed by atoms with Crippen molar-refractivity contribution >= 4 is 67.4 Å². The lowest BCUT2D eigenvalue weighted by Crippen LogP contribution is -2.42. The van der Waals surface area contributed by atoms with Gasteiger partial charge in [0.2, 0.25) is 0 Å². The van der Waals surface area contributed by atoms with E-state index in [1.54, 1.807) is 18.2 Å². The van der Waals surface area contributed by atoms with Crippen LogP contribution in [0, 0.1) is 0 Å². The van der Waals surface area contributed by atoms with Crippen LogP contribution in [0.3, 0.4) is 0 Å². The topological polar surface area (TPSA) is 154 Å². The van der Waals surface area contributed by atoms with E-state index in [1.807, 2.05) is 18.2 Å². The summed E-state index contributed by atoms with van der Waals surface area (Å²) in [6, 6.07) is 12.1. The zero-order valence-electron chi connectivity index (χ0n) is 19.7. The van der Waals surface area contributed by atoms with Gasteiger partial charge in [-0.05, 0) is 36.2 Å². The summed E-state index contributed by atoms with van der Waals surface area (Å²) in [6.07, 6.45) is -2.37. The lowest BCUT2D eigenvalue weighted by atomic mass is 10.1. The van der Waals surface area contributed by atoms with E-state index >= 15 is 0 Å². The molecule has 4 N–H and O–H groups in total. The predicted molar refractivity (Wildman–Crippen MR) is 144 cm³/mol. The van der Waals surface area contributed by atoms with Crippen LogP contribution < -0.4 is 20.3 Å². The molecule has 1 atom stereocenters. The first-order valence-corrected chi connectivity index (χ1v) is 13.4. The Morgan fingerprint density at radius 2 is 1.57 bits per heavy atom. The van der Waals surface area contributed by atoms with Crippen LogP contribution in [-0.4, -0.2) is 64.1 Å². The normalized spacial score (nSPS) is 11.2. The van der Waals surface area contributed by atoms with Crippen LogP contribution in [0.15, 0.2) is 48.5 Å². The van der Waals surface area contributed by atoms with Crippen LogP contribution in [-0.2, 0) is 20.9 Å². The van der Waals surface area contributed by atoms with Gasteiger partial charge in [0.15, 0.2) is 0 Å². The highest BCUT2D eigenvalue weighted by Crippen LogP contribution is 2.26. The Labute approximate surface area is 230 Å². The fourth-order valence-corrected chi connectivity index (χ4v) is 4.02. The van der Waals surface area contributed by atoms with Gasteiger partial charge in [-0.1, -0.05) is 56.1 Å². The number of rotatable bonds is 14. The van der Waals surface area contributed by atoms with Gasteiger partial charge >= 0.3 is 24.1 Å². The number of benzene rings is 2. The van der Waals surface area contributed by atoms with Crippen molar-refractivity contribution in [2.24, 2.45) is 0 Å². The van der Waals surface area contributed by atoms with Gasteiger partial charge in [-0.25, -0.2) is 14.4 Å². The summed E-state index contributed by atoms with van der Waals surface area (Å²) >= 11 is 6.89. The first-order valence-electron chi connectivity index (χ1n) is 11.1. The molecule has 2 rings (SSSR count). The maximum atomic E-state index is 12.4. The van der Waals surface area contributed by atoms with Gasteiger partial charge in [-0.2, -0.15) is 0 Å². The fourth-order valence-electron chi connectivity index (χ4n) is 3.16. The van der Waals surface area contributed by atoms with Crippen molar-refractivity contribution in [2.75, 3.05) is 34.0 Å². The summed E-state index contributed by atoms with van der Waals surface area (Å²) in [5, 5.41) is 24.2. The van der Waals surface area contributed by atoms with Gasteiger partial charge in [0.05, 0.1) is 11.4 Å². The minimum Gasteiger partial charge on any atom is -0.481 e. The molecule has 0 saturated carbocycles. The van der Waals surface area contributed by atoms with Crippen LogP contribution in [0.1, 0.15) is 18.4 Å². The number of halogens is 2. The van der Waals surface area contributed by atoms with Crippen LogP contribution in [0.5, 0.6) is 5.75 Å². The largest absolute Gasteiger partial charge is 0.481 e. The van der Waals surface area contributed by atoms with Crippen molar-refractivity contribution in [1.29, 1.82) is 0 Å². The zero-order chi connectivity index (χ0) is 27.2. The van der Waals surface area contributed by atoms with Gasteiger partial charge in [0, 0.05) is 30.2 Å². The van der Waals surface area contributed by atoms with Crippen molar-refractivity contribution < 1.29 is 38.9 Å². The van der Waals surface area contributed by atoms with Gasteiger partial charge in [0.1, 0.15) is 18.4 Å². The molecule has 0 spiro atoms. The molecule has 2 aromatic carbocycles. The van der Waals surface area contributed by atoms with Gasteiger partial charge in [-0.15, -0.1) is 0 Å². The summed E-state index contributed by atoms with van der Waals surface area (Å²) in [5.41, 5.74) is 2.11. The number of nitrogens with one attached hydrogen (secondary N) is 2. The average Bonchev–Trinajstić information content (AvgIpc) is 2.86. The Kier molecular flexibility index (Phi) is 12.7. The van der Waals surface area contributed by atoms with Gasteiger partial charge < -0.3 is 29.9 Å². The molecule has 0 bridgehead atoms. The quantitative estimate of drug-likeness (QED) is 0.219. The number of carbonyl (C=O) groups excluding carboxylic acids is 2. The molecule has 0 unspecified atom stereocenters. The molecule has 2 aromatic rings. The Hall–Kier alpha value is -3.32. The van der Waals surface area contributed by atoms with Crippen molar-refractivity contribution in [1.82, 2.24) is 5.32 Å². The van der Waals surface area contributed by atoms with E-state index in [9.17, 15) is 19.2 Å². The van der Waals surface area contributed by atoms with Gasteiger partial charge in [0.25, 0.3) is 0 Å². The van der Waals surface area contributed by atoms with E-state index in [1.165, 1.54) is 12.1 Å². The number of amides is 2. The molecule has 37 heavy (non-hydrogen) atoms. The van der Waals surface area contributed by atoms with Crippen molar-refractivity contribution in [3.8, 4) is 5.75 Å². The number of carbonyl (C=O) groups is 4. The first-order chi connectivity index (χ1) is 17.7. The highest BCUT2D eigenvalue weighted by molar-refractivity contribution is 9.09. The average molecular weight is 645 g/mol. The van der Waals surface area contributed by atoms with E-state index in [0.29, 0.717) is 11.3 Å². The number of aliphatic carboxylic acids is 2. The Morgan fingerprint density at radius 1 is 0.919 bits per heavy atom. The Bertz CT molecular complexity index is 1060. The predicted octanol–water partition coefficient (Wildman–Crippen LogP) is 4.44. The standard InChI is InChI=1S/C24H27Br2N3O8/c25-11-13-29(14-12-26)20-4-2-1-3-18(20)27-23(34)36-15-16-5-7-17(8-6-16)37-24(35)28-19(22(32)33)9-10-21(30)31/h1-8,19H,9-15H2,(H,27,34)(H,28,35)(H,30,31)(H,32,33)/t19-/m0/s1. The van der Waals surface area contributed by atoms with E-state index in [0.717, 1.165) is 29.4 Å². The lowest BCUT2D eigenvalue weighted by Gasteiger charge is -2.25. The number of carboxylic acid groups (broad SMARTS) is 2. The van der Waals surface area contributed by atoms with E-state index < -0.39 is 36.6 Å². The van der Waals surface area contributed by atoms with Gasteiger partial charge in [-0.3, -0.25) is 10.1 Å². The number of hydrogen-bond acceptors (Lipinski definition) is 7. The van der Waals surface area contributed by atoms with E-state index in [2.05, 4.69) is 47.4 Å². The second-order valence-electron chi connectivity index (χ2n) is 7.58. The zero-order valence-corrected chi connectivity index (χ0v) is 22.9. The third kappa shape index (κ3) is 10.7. The van der Waals surface area contributed by atoms with Crippen molar-refractivity contribution in [2.45, 2.75) is 25.5 Å². The molecular formula is C24H27Br2N3O8. The monoisotopic (exact) mass is 643 g/mol. The maximum Gasteiger partial charge on any atom is 0.413 e. The fraction of sp³-hybridized carbons (Fsp3) is 0.333. The molecule has 0 radical (unpaired) electrons. The molecule has 0 heterocycles. The molecule has 2 amide bonds. The third-order valence-corrected chi connectivity index (χ3v) is 5.64. The highest BCUT2D eigenvalue weighted by Gasteiger charge is 2.22. The second-order valence-corrected chi connectivity index (χ2v) is 9.17. The third-order valence-electron chi connectivity index (χ3n) is 4.93. The van der Waals surface area contributed by atoms with Crippen LogP contribution in [0.2, 0.25) is 0 Å². The smallest absolute Gasteiger partial charge is 0.413 e. The van der Waals surface area contributed by atoms with Crippen molar-refractivity contribution in [3.63, 3.8) is 0 Å². The van der Waals surface area contributed by atoms with Crippen LogP contribution >= 0.6 is 31.9 Å². The summed E-state index contributed by atoms with van der Waals surface area (Å²) in [5.74, 6) is -2.42. The Morgan fingerprint density at radius 3 is 2.16 bits per heavy atom. The molecule has 11 nitrogen and oxygen atoms in total. The molecule has 0 aliphatic heterocycles. The molecule has 0 aliphatic rings. The molecule has 0 aromatic heterocycles. The van der Waals surface area contributed by atoms with Crippen LogP contribution in [0.4, 0.5) is 21.0 Å². The minimum atomic E-state index is -1.40. The van der Waals surface area contributed by atoms with Crippen molar-refractivity contribution in [3.05, 3.63) is 54.1 Å². The Balaban J connectivity index is 1.89. The SMILES string of the molecule is O=C(O)CC[C@H](NC(=O)Oc1ccc(COC(=O)Nc2ccccc2N(CCBr)CCBr)cc1)C(=O)O. The second kappa shape index (κ2) is 15.7. The van der Waals surface area contributed by atoms with E-state index in [-0.39, 0.29) is 18.8 Å². The molecule has 0 fully saturated rings. The molecule has 0 saturated heterocycles. The number of ether oxygens (including phenoxy) is 2. The number of alkyl halides is 2. The summed E-state index contributed by atoms with van der Waals surface area (Å²) in [6.45, 7) is 1.47. The first kappa shape index (κ1) is 29.9. The number of para-hydroxylation sites is 2. The summed E-state index contributed by atoms with van der Waals surface area (Å²) in [7, 11) is 0. The highest BCUT2D eigenvalue weighted by atomic mass is 79.9. The molecular weight excluding hydrogens is 618 g/mol. The van der Waals surface area contributed by atoms with E-state index in [4.69, 9.17) is 19.7 Å². The number of anilines is 2. The summed E-state index contributed by atoms with van der Waals surface area (Å²) < 4.78 is 10.4. The molecule has 200 valence electrons. The maximum absolute atomic E-state index is 12.4. The molecule has 0 aliphatic carbocycles. The van der Waals surface area contributed by atoms with Crippen LogP contribution in [0.25, 0.3) is 0 Å². The number of nitrogens with zero attached hydrogens (tertiary/aromatic N) is 1. The lowest BCUT2D eigenvalue weighted by molar-refractivity contribution is -0.140. The number of carboxylic acids is 2. The number of hydrogen-bond donors (Lipinski definition) is 4. The molecule has 13 heteroatoms.